The molecule has 0 bridgehead atoms. The van der Waals surface area contributed by atoms with E-state index in [1.165, 1.54) is 0 Å². The summed E-state index contributed by atoms with van der Waals surface area (Å²) in [4.78, 5) is 13.9. The summed E-state index contributed by atoms with van der Waals surface area (Å²) in [5.74, 6) is -0.827. The highest BCUT2D eigenvalue weighted by Gasteiger charge is 1.96. The number of hydrogen-bond acceptors (Lipinski definition) is 2. The van der Waals surface area contributed by atoms with Crippen LogP contribution in [0.5, 0.6) is 0 Å². The van der Waals surface area contributed by atoms with Crippen molar-refractivity contribution in [1.29, 1.82) is 0 Å². The Bertz CT molecular complexity index is 410. The standard InChI is InChI=1S/C10H9ClN2O2/c11-8-3-1-7(2-4-8)10(12)13-6-5-9(14)15/h1-6H,(H2,12,13)(H,14,15)/b6-5+. The number of rotatable bonds is 3. The van der Waals surface area contributed by atoms with Gasteiger partial charge in [0.1, 0.15) is 5.84 Å². The summed E-state index contributed by atoms with van der Waals surface area (Å²) in [7, 11) is 0. The molecule has 0 saturated carbocycles. The molecule has 0 fully saturated rings. The summed E-state index contributed by atoms with van der Waals surface area (Å²) in [6.45, 7) is 0. The van der Waals surface area contributed by atoms with Crippen LogP contribution in [-0.4, -0.2) is 16.9 Å². The lowest BCUT2D eigenvalue weighted by Crippen LogP contribution is -2.12. The molecule has 0 aliphatic heterocycles. The van der Waals surface area contributed by atoms with Crippen LogP contribution >= 0.6 is 11.6 Å². The molecule has 1 aromatic rings. The summed E-state index contributed by atoms with van der Waals surface area (Å²) in [5.41, 5.74) is 6.28. The van der Waals surface area contributed by atoms with Crippen LogP contribution in [0, 0.1) is 0 Å². The molecule has 5 heteroatoms. The molecule has 0 aliphatic carbocycles. The van der Waals surface area contributed by atoms with E-state index >= 15 is 0 Å². The Morgan fingerprint density at radius 3 is 2.53 bits per heavy atom. The van der Waals surface area contributed by atoms with Crippen molar-refractivity contribution in [3.8, 4) is 0 Å². The van der Waals surface area contributed by atoms with Gasteiger partial charge in [0.25, 0.3) is 0 Å². The minimum Gasteiger partial charge on any atom is -0.478 e. The maximum Gasteiger partial charge on any atom is 0.329 e. The maximum absolute atomic E-state index is 10.1. The van der Waals surface area contributed by atoms with Crippen LogP contribution in [-0.2, 0) is 4.79 Å². The van der Waals surface area contributed by atoms with Gasteiger partial charge in [-0.3, -0.25) is 0 Å². The van der Waals surface area contributed by atoms with E-state index in [9.17, 15) is 4.79 Å². The van der Waals surface area contributed by atoms with E-state index in [4.69, 9.17) is 22.4 Å². The van der Waals surface area contributed by atoms with Gasteiger partial charge in [-0.2, -0.15) is 0 Å². The third-order valence-corrected chi connectivity index (χ3v) is 1.82. The smallest absolute Gasteiger partial charge is 0.329 e. The average molecular weight is 225 g/mol. The zero-order valence-electron chi connectivity index (χ0n) is 7.72. The van der Waals surface area contributed by atoms with Crippen molar-refractivity contribution in [3.05, 3.63) is 47.1 Å². The van der Waals surface area contributed by atoms with E-state index in [0.29, 0.717) is 10.6 Å². The molecule has 0 unspecified atom stereocenters. The predicted octanol–water partition coefficient (Wildman–Crippen LogP) is 1.64. The quantitative estimate of drug-likeness (QED) is 0.466. The van der Waals surface area contributed by atoms with Crippen molar-refractivity contribution in [2.24, 2.45) is 10.7 Å². The molecule has 4 nitrogen and oxygen atoms in total. The van der Waals surface area contributed by atoms with E-state index in [-0.39, 0.29) is 5.84 Å². The number of carboxylic acids is 1. The summed E-state index contributed by atoms with van der Waals surface area (Å²) < 4.78 is 0. The van der Waals surface area contributed by atoms with Gasteiger partial charge in [-0.25, -0.2) is 9.79 Å². The normalized spacial score (nSPS) is 11.9. The van der Waals surface area contributed by atoms with Gasteiger partial charge in [-0.05, 0) is 24.3 Å². The molecular formula is C10H9ClN2O2. The van der Waals surface area contributed by atoms with Crippen LogP contribution in [0.25, 0.3) is 0 Å². The molecule has 78 valence electrons. The Labute approximate surface area is 91.7 Å². The second kappa shape index (κ2) is 5.17. The van der Waals surface area contributed by atoms with E-state index in [2.05, 4.69) is 4.99 Å². The fourth-order valence-electron chi connectivity index (χ4n) is 0.877. The van der Waals surface area contributed by atoms with Gasteiger partial charge in [0.2, 0.25) is 0 Å². The lowest BCUT2D eigenvalue weighted by atomic mass is 10.2. The molecule has 0 spiro atoms. The number of hydrogen-bond donors (Lipinski definition) is 2. The Balaban J connectivity index is 2.80. The third kappa shape index (κ3) is 3.83. The van der Waals surface area contributed by atoms with Gasteiger partial charge < -0.3 is 10.8 Å². The number of nitrogens with zero attached hydrogens (tertiary/aromatic N) is 1. The van der Waals surface area contributed by atoms with Gasteiger partial charge in [-0.15, -0.1) is 0 Å². The highest BCUT2D eigenvalue weighted by atomic mass is 35.5. The summed E-state index contributed by atoms with van der Waals surface area (Å²) in [6, 6.07) is 6.77. The van der Waals surface area contributed by atoms with Crippen LogP contribution in [0.1, 0.15) is 5.56 Å². The van der Waals surface area contributed by atoms with Crippen molar-refractivity contribution >= 4 is 23.4 Å². The molecule has 0 saturated heterocycles. The lowest BCUT2D eigenvalue weighted by Gasteiger charge is -1.98. The highest BCUT2D eigenvalue weighted by Crippen LogP contribution is 2.09. The van der Waals surface area contributed by atoms with Crippen LogP contribution in [0.15, 0.2) is 41.5 Å². The fraction of sp³-hybridized carbons (Fsp3) is 0. The Kier molecular flexibility index (Phi) is 3.88. The Hall–Kier alpha value is -1.81. The number of carbonyl (C=O) groups is 1. The fourth-order valence-corrected chi connectivity index (χ4v) is 1.00. The molecule has 1 rings (SSSR count). The van der Waals surface area contributed by atoms with Crippen molar-refractivity contribution in [2.75, 3.05) is 0 Å². The molecule has 15 heavy (non-hydrogen) atoms. The minimum atomic E-state index is -1.07. The molecule has 0 amide bonds. The van der Waals surface area contributed by atoms with Crippen molar-refractivity contribution in [1.82, 2.24) is 0 Å². The van der Waals surface area contributed by atoms with Crippen LogP contribution in [0.3, 0.4) is 0 Å². The van der Waals surface area contributed by atoms with Gasteiger partial charge in [-0.1, -0.05) is 11.6 Å². The molecule has 1 aromatic carbocycles. The van der Waals surface area contributed by atoms with Crippen LogP contribution in [0.4, 0.5) is 0 Å². The lowest BCUT2D eigenvalue weighted by molar-refractivity contribution is -0.131. The summed E-state index contributed by atoms with van der Waals surface area (Å²) in [5, 5.41) is 8.92. The molecule has 0 aromatic heterocycles. The van der Waals surface area contributed by atoms with Crippen LogP contribution in [0.2, 0.25) is 5.02 Å². The molecule has 0 radical (unpaired) electrons. The first-order chi connectivity index (χ1) is 7.09. The first-order valence-electron chi connectivity index (χ1n) is 4.08. The molecular weight excluding hydrogens is 216 g/mol. The second-order valence-electron chi connectivity index (χ2n) is 2.68. The van der Waals surface area contributed by atoms with Gasteiger partial charge in [0.05, 0.1) is 0 Å². The number of nitrogens with two attached hydrogens (primary N) is 1. The molecule has 0 heterocycles. The first kappa shape index (κ1) is 11.3. The number of halogens is 1. The third-order valence-electron chi connectivity index (χ3n) is 1.57. The second-order valence-corrected chi connectivity index (χ2v) is 3.11. The summed E-state index contributed by atoms with van der Waals surface area (Å²) >= 11 is 5.69. The number of carboxylic acid groups (broad SMARTS) is 1. The molecule has 0 aliphatic rings. The van der Waals surface area contributed by atoms with Crippen molar-refractivity contribution in [3.63, 3.8) is 0 Å². The molecule has 3 N–H and O–H groups in total. The van der Waals surface area contributed by atoms with E-state index in [1.807, 2.05) is 0 Å². The minimum absolute atomic E-state index is 0.240. The number of aliphatic carboxylic acids is 1. The zero-order chi connectivity index (χ0) is 11.3. The van der Waals surface area contributed by atoms with E-state index < -0.39 is 5.97 Å². The SMILES string of the molecule is NC(=N/C=C/C(=O)O)c1ccc(Cl)cc1. The van der Waals surface area contributed by atoms with Crippen molar-refractivity contribution < 1.29 is 9.90 Å². The van der Waals surface area contributed by atoms with Gasteiger partial charge >= 0.3 is 5.97 Å². The monoisotopic (exact) mass is 224 g/mol. The number of aliphatic imine (C=N–C) groups is 1. The number of amidine groups is 1. The number of benzene rings is 1. The zero-order valence-corrected chi connectivity index (χ0v) is 8.48. The van der Waals surface area contributed by atoms with Gasteiger partial charge in [0.15, 0.2) is 0 Å². The maximum atomic E-state index is 10.1. The predicted molar refractivity (Wildman–Crippen MR) is 59.0 cm³/mol. The van der Waals surface area contributed by atoms with Gasteiger partial charge in [0, 0.05) is 22.9 Å². The van der Waals surface area contributed by atoms with E-state index in [1.54, 1.807) is 24.3 Å². The highest BCUT2D eigenvalue weighted by molar-refractivity contribution is 6.30. The van der Waals surface area contributed by atoms with Crippen LogP contribution < -0.4 is 5.73 Å². The summed E-state index contributed by atoms with van der Waals surface area (Å²) in [6.07, 6.45) is 2.04. The largest absolute Gasteiger partial charge is 0.478 e. The Morgan fingerprint density at radius 2 is 2.00 bits per heavy atom. The topological polar surface area (TPSA) is 75.7 Å². The Morgan fingerprint density at radius 1 is 1.40 bits per heavy atom. The average Bonchev–Trinajstić information content (AvgIpc) is 2.18. The first-order valence-corrected chi connectivity index (χ1v) is 4.46. The van der Waals surface area contributed by atoms with Crippen molar-refractivity contribution in [2.45, 2.75) is 0 Å². The van der Waals surface area contributed by atoms with E-state index in [0.717, 1.165) is 12.3 Å². The molecule has 0 atom stereocenters.